The Morgan fingerprint density at radius 3 is 2.90 bits per heavy atom. The topological polar surface area (TPSA) is 96.7 Å². The summed E-state index contributed by atoms with van der Waals surface area (Å²) in [5.41, 5.74) is 2.17. The molecule has 0 aliphatic heterocycles. The average molecular weight is 289 g/mol. The number of hydrogen-bond donors (Lipinski definition) is 2. The Balaban J connectivity index is 1.69. The largest absolute Gasteiger partial charge is 0.345 e. The van der Waals surface area contributed by atoms with Gasteiger partial charge in [-0.05, 0) is 19.8 Å². The summed E-state index contributed by atoms with van der Waals surface area (Å²) in [6, 6.07) is 0.163. The lowest BCUT2D eigenvalue weighted by Crippen LogP contribution is -2.28. The van der Waals surface area contributed by atoms with Crippen LogP contribution in [0.15, 0.2) is 4.52 Å². The number of imidazole rings is 1. The molecular weight excluding hydrogens is 270 g/mol. The van der Waals surface area contributed by atoms with Gasteiger partial charge in [0.1, 0.15) is 5.82 Å². The van der Waals surface area contributed by atoms with E-state index in [0.29, 0.717) is 18.2 Å². The van der Waals surface area contributed by atoms with Crippen molar-refractivity contribution in [2.24, 2.45) is 5.92 Å². The molecule has 2 N–H and O–H groups in total. The van der Waals surface area contributed by atoms with Crippen molar-refractivity contribution in [1.29, 1.82) is 0 Å². The second kappa shape index (κ2) is 5.31. The molecule has 1 aliphatic carbocycles. The monoisotopic (exact) mass is 289 g/mol. The molecule has 0 radical (unpaired) electrons. The third-order valence-electron chi connectivity index (χ3n) is 3.74. The van der Waals surface area contributed by atoms with Crippen LogP contribution < -0.4 is 5.32 Å². The molecule has 7 heteroatoms. The minimum absolute atomic E-state index is 0.0787. The molecule has 21 heavy (non-hydrogen) atoms. The quantitative estimate of drug-likeness (QED) is 0.900. The van der Waals surface area contributed by atoms with Gasteiger partial charge in [0, 0.05) is 24.0 Å². The first kappa shape index (κ1) is 13.8. The molecule has 0 unspecified atom stereocenters. The van der Waals surface area contributed by atoms with Gasteiger partial charge in [0.05, 0.1) is 5.69 Å². The zero-order valence-electron chi connectivity index (χ0n) is 12.4. The summed E-state index contributed by atoms with van der Waals surface area (Å²) in [6.45, 7) is 5.92. The Labute approximate surface area is 122 Å². The molecule has 0 saturated heterocycles. The fraction of sp³-hybridized carbons (Fsp3) is 0.571. The third-order valence-corrected chi connectivity index (χ3v) is 3.74. The Kier molecular flexibility index (Phi) is 3.48. The van der Waals surface area contributed by atoms with E-state index in [1.54, 1.807) is 6.92 Å². The normalized spacial score (nSPS) is 17.8. The van der Waals surface area contributed by atoms with E-state index in [2.05, 4.69) is 39.3 Å². The van der Waals surface area contributed by atoms with Crippen LogP contribution >= 0.6 is 0 Å². The molecule has 0 bridgehead atoms. The number of aromatic amines is 1. The van der Waals surface area contributed by atoms with E-state index in [1.165, 1.54) is 0 Å². The zero-order chi connectivity index (χ0) is 15.0. The number of H-pyrrole nitrogens is 1. The predicted octanol–water partition coefficient (Wildman–Crippen LogP) is 1.97. The lowest BCUT2D eigenvalue weighted by atomic mass is 9.89. The maximum absolute atomic E-state index is 12.3. The van der Waals surface area contributed by atoms with Crippen molar-refractivity contribution in [3.8, 4) is 0 Å². The summed E-state index contributed by atoms with van der Waals surface area (Å²) in [6.07, 6.45) is 2.28. The highest BCUT2D eigenvalue weighted by Crippen LogP contribution is 2.26. The summed E-state index contributed by atoms with van der Waals surface area (Å²) in [5, 5.41) is 6.34. The fourth-order valence-electron chi connectivity index (χ4n) is 2.56. The Morgan fingerprint density at radius 2 is 2.24 bits per heavy atom. The van der Waals surface area contributed by atoms with Gasteiger partial charge in [0.25, 0.3) is 0 Å². The Hall–Kier alpha value is -2.18. The number of nitrogens with one attached hydrogen (secondary N) is 2. The van der Waals surface area contributed by atoms with Gasteiger partial charge in [0.15, 0.2) is 5.82 Å². The van der Waals surface area contributed by atoms with Crippen LogP contribution in [0.3, 0.4) is 0 Å². The number of fused-ring (bicyclic) bond motifs is 1. The SMILES string of the molecule is Cc1noc(NC(=O)[C@H]2CCc3nc(C(C)C)[nH]c3C2)n1. The number of carbonyl (C=O) groups excluding carboxylic acids is 1. The summed E-state index contributed by atoms with van der Waals surface area (Å²) >= 11 is 0. The van der Waals surface area contributed by atoms with Crippen molar-refractivity contribution in [2.45, 2.75) is 46.0 Å². The first-order valence-electron chi connectivity index (χ1n) is 7.21. The van der Waals surface area contributed by atoms with Gasteiger partial charge >= 0.3 is 6.01 Å². The van der Waals surface area contributed by atoms with E-state index in [9.17, 15) is 4.79 Å². The van der Waals surface area contributed by atoms with E-state index in [0.717, 1.165) is 30.1 Å². The van der Waals surface area contributed by atoms with E-state index >= 15 is 0 Å². The van der Waals surface area contributed by atoms with E-state index < -0.39 is 0 Å². The maximum atomic E-state index is 12.3. The Morgan fingerprint density at radius 1 is 1.43 bits per heavy atom. The average Bonchev–Trinajstić information content (AvgIpc) is 3.03. The fourth-order valence-corrected chi connectivity index (χ4v) is 2.56. The first-order valence-corrected chi connectivity index (χ1v) is 7.21. The molecule has 0 aromatic carbocycles. The van der Waals surface area contributed by atoms with E-state index in [1.807, 2.05) is 0 Å². The number of aromatic nitrogens is 4. The second-order valence-electron chi connectivity index (χ2n) is 5.78. The third kappa shape index (κ3) is 2.81. The van der Waals surface area contributed by atoms with E-state index in [-0.39, 0.29) is 17.8 Å². The first-order chi connectivity index (χ1) is 10.0. The van der Waals surface area contributed by atoms with Gasteiger partial charge in [0.2, 0.25) is 5.91 Å². The van der Waals surface area contributed by atoms with Gasteiger partial charge in [-0.15, -0.1) is 0 Å². The van der Waals surface area contributed by atoms with Crippen molar-refractivity contribution in [3.63, 3.8) is 0 Å². The lowest BCUT2D eigenvalue weighted by molar-refractivity contribution is -0.120. The van der Waals surface area contributed by atoms with Crippen molar-refractivity contribution in [1.82, 2.24) is 20.1 Å². The van der Waals surface area contributed by atoms with Crippen LogP contribution in [0.2, 0.25) is 0 Å². The summed E-state index contributed by atoms with van der Waals surface area (Å²) in [5.74, 6) is 1.69. The Bertz CT molecular complexity index is 658. The number of carbonyl (C=O) groups is 1. The van der Waals surface area contributed by atoms with Gasteiger partial charge in [-0.3, -0.25) is 10.1 Å². The molecule has 0 saturated carbocycles. The van der Waals surface area contributed by atoms with Crippen molar-refractivity contribution in [2.75, 3.05) is 5.32 Å². The second-order valence-corrected chi connectivity index (χ2v) is 5.78. The van der Waals surface area contributed by atoms with Gasteiger partial charge < -0.3 is 9.51 Å². The number of anilines is 1. The zero-order valence-corrected chi connectivity index (χ0v) is 12.4. The molecule has 2 aromatic rings. The number of rotatable bonds is 3. The highest BCUT2D eigenvalue weighted by molar-refractivity contribution is 5.90. The van der Waals surface area contributed by atoms with Crippen LogP contribution in [-0.2, 0) is 17.6 Å². The molecule has 0 spiro atoms. The number of nitrogens with zero attached hydrogens (tertiary/aromatic N) is 3. The van der Waals surface area contributed by atoms with Crippen molar-refractivity contribution < 1.29 is 9.32 Å². The lowest BCUT2D eigenvalue weighted by Gasteiger charge is -2.19. The van der Waals surface area contributed by atoms with Gasteiger partial charge in [-0.2, -0.15) is 4.98 Å². The molecule has 7 nitrogen and oxygen atoms in total. The highest BCUT2D eigenvalue weighted by atomic mass is 16.5. The number of hydrogen-bond acceptors (Lipinski definition) is 5. The molecule has 2 aromatic heterocycles. The minimum Gasteiger partial charge on any atom is -0.345 e. The minimum atomic E-state index is -0.0924. The van der Waals surface area contributed by atoms with E-state index in [4.69, 9.17) is 4.52 Å². The van der Waals surface area contributed by atoms with Crippen LogP contribution in [0.25, 0.3) is 0 Å². The van der Waals surface area contributed by atoms with Crippen LogP contribution in [0.4, 0.5) is 6.01 Å². The highest BCUT2D eigenvalue weighted by Gasteiger charge is 2.28. The smallest absolute Gasteiger partial charge is 0.328 e. The predicted molar refractivity (Wildman–Crippen MR) is 75.9 cm³/mol. The molecular formula is C14H19N5O2. The molecule has 3 rings (SSSR count). The van der Waals surface area contributed by atoms with Gasteiger partial charge in [-0.1, -0.05) is 19.0 Å². The summed E-state index contributed by atoms with van der Waals surface area (Å²) in [7, 11) is 0. The summed E-state index contributed by atoms with van der Waals surface area (Å²) < 4.78 is 4.92. The molecule has 1 aliphatic rings. The van der Waals surface area contributed by atoms with Crippen LogP contribution in [-0.4, -0.2) is 26.0 Å². The standard InChI is InChI=1S/C14H19N5O2/c1-7(2)12-16-10-5-4-9(6-11(10)17-12)13(20)18-14-15-8(3)19-21-14/h7,9H,4-6H2,1-3H3,(H,16,17)(H,15,18,19,20)/t9-/m0/s1. The van der Waals surface area contributed by atoms with Crippen LogP contribution in [0.5, 0.6) is 0 Å². The number of amides is 1. The molecule has 112 valence electrons. The summed E-state index contributed by atoms with van der Waals surface area (Å²) in [4.78, 5) is 24.2. The molecule has 0 fully saturated rings. The molecule has 1 amide bonds. The van der Waals surface area contributed by atoms with Gasteiger partial charge in [-0.25, -0.2) is 4.98 Å². The number of aryl methyl sites for hydroxylation is 2. The van der Waals surface area contributed by atoms with Crippen LogP contribution in [0.1, 0.15) is 49.2 Å². The molecule has 1 atom stereocenters. The van der Waals surface area contributed by atoms with Crippen molar-refractivity contribution in [3.05, 3.63) is 23.0 Å². The van der Waals surface area contributed by atoms with Crippen molar-refractivity contribution >= 4 is 11.9 Å². The van der Waals surface area contributed by atoms with Crippen LogP contribution in [0, 0.1) is 12.8 Å². The maximum Gasteiger partial charge on any atom is 0.328 e. The molecule has 2 heterocycles.